The van der Waals surface area contributed by atoms with Gasteiger partial charge in [0.15, 0.2) is 0 Å². The number of hydrogen-bond donors (Lipinski definition) is 2. The molecule has 0 aliphatic rings. The Labute approximate surface area is 117 Å². The molecule has 0 radical (unpaired) electrons. The maximum Gasteiger partial charge on any atom is 0.220 e. The van der Waals surface area contributed by atoms with Gasteiger partial charge < -0.3 is 10.6 Å². The molecule has 0 aliphatic carbocycles. The van der Waals surface area contributed by atoms with Crippen LogP contribution in [0.15, 0.2) is 28.7 Å². The predicted octanol–water partition coefficient (Wildman–Crippen LogP) is 2.49. The van der Waals surface area contributed by atoms with E-state index in [2.05, 4.69) is 26.6 Å². The summed E-state index contributed by atoms with van der Waals surface area (Å²) in [4.78, 5) is 11.4. The number of rotatable bonds is 6. The number of benzene rings is 1. The van der Waals surface area contributed by atoms with Crippen LogP contribution in [0.2, 0.25) is 0 Å². The zero-order chi connectivity index (χ0) is 11.8. The summed E-state index contributed by atoms with van der Waals surface area (Å²) in [6.45, 7) is 1.47. The van der Waals surface area contributed by atoms with Crippen molar-refractivity contribution < 1.29 is 4.79 Å². The third-order valence-corrected chi connectivity index (χ3v) is 2.70. The van der Waals surface area contributed by atoms with Crippen molar-refractivity contribution in [1.29, 1.82) is 0 Å². The fourth-order valence-corrected chi connectivity index (χ4v) is 1.81. The number of nitrogens with one attached hydrogen (secondary N) is 2. The molecule has 0 aromatic heterocycles. The molecule has 5 heteroatoms. The highest BCUT2D eigenvalue weighted by Gasteiger charge is 2.00. The predicted molar refractivity (Wildman–Crippen MR) is 76.4 cm³/mol. The molecule has 1 rings (SSSR count). The summed E-state index contributed by atoms with van der Waals surface area (Å²) >= 11 is 3.40. The summed E-state index contributed by atoms with van der Waals surface area (Å²) in [6, 6.07) is 7.94. The average Bonchev–Trinajstić information content (AvgIpc) is 2.27. The van der Waals surface area contributed by atoms with Crippen LogP contribution in [0, 0.1) is 0 Å². The molecule has 0 atom stereocenters. The van der Waals surface area contributed by atoms with Crippen LogP contribution < -0.4 is 10.6 Å². The standard InChI is InChI=1S/C12H17BrN2O.ClH/c1-14-7-3-6-12(16)15-9-10-4-2-5-11(13)8-10;/h2,4-5,8,14H,3,6-7,9H2,1H3,(H,15,16);1H. The largest absolute Gasteiger partial charge is 0.352 e. The Kier molecular flexibility index (Phi) is 9.13. The number of carbonyl (C=O) groups excluding carboxylic acids is 1. The second kappa shape index (κ2) is 9.45. The van der Waals surface area contributed by atoms with Gasteiger partial charge in [0.1, 0.15) is 0 Å². The van der Waals surface area contributed by atoms with Crippen molar-refractivity contribution in [2.75, 3.05) is 13.6 Å². The minimum absolute atomic E-state index is 0. The molecule has 96 valence electrons. The molecule has 0 saturated heterocycles. The first kappa shape index (κ1) is 16.4. The number of hydrogen-bond acceptors (Lipinski definition) is 2. The van der Waals surface area contributed by atoms with Gasteiger partial charge >= 0.3 is 0 Å². The maximum absolute atomic E-state index is 11.4. The van der Waals surface area contributed by atoms with Gasteiger partial charge in [0.2, 0.25) is 5.91 Å². The average molecular weight is 322 g/mol. The molecule has 0 saturated carbocycles. The van der Waals surface area contributed by atoms with Crippen molar-refractivity contribution in [2.45, 2.75) is 19.4 Å². The molecular formula is C12H18BrClN2O. The lowest BCUT2D eigenvalue weighted by molar-refractivity contribution is -0.121. The van der Waals surface area contributed by atoms with E-state index in [1.807, 2.05) is 31.3 Å². The Morgan fingerprint density at radius 3 is 2.82 bits per heavy atom. The Morgan fingerprint density at radius 2 is 2.18 bits per heavy atom. The third-order valence-electron chi connectivity index (χ3n) is 2.21. The lowest BCUT2D eigenvalue weighted by atomic mass is 10.2. The summed E-state index contributed by atoms with van der Waals surface area (Å²) in [5.74, 6) is 0.107. The van der Waals surface area contributed by atoms with Crippen LogP contribution in [0.5, 0.6) is 0 Å². The van der Waals surface area contributed by atoms with Crippen molar-refractivity contribution in [1.82, 2.24) is 10.6 Å². The van der Waals surface area contributed by atoms with Crippen molar-refractivity contribution in [3.8, 4) is 0 Å². The van der Waals surface area contributed by atoms with Gasteiger partial charge in [-0.1, -0.05) is 28.1 Å². The van der Waals surface area contributed by atoms with E-state index in [-0.39, 0.29) is 18.3 Å². The van der Waals surface area contributed by atoms with E-state index in [0.29, 0.717) is 13.0 Å². The zero-order valence-corrected chi connectivity index (χ0v) is 12.2. The molecule has 2 N–H and O–H groups in total. The lowest BCUT2D eigenvalue weighted by Crippen LogP contribution is -2.23. The number of halogens is 2. The molecule has 0 bridgehead atoms. The van der Waals surface area contributed by atoms with E-state index in [1.54, 1.807) is 0 Å². The summed E-state index contributed by atoms with van der Waals surface area (Å²) in [5.41, 5.74) is 1.11. The molecule has 3 nitrogen and oxygen atoms in total. The molecule has 1 amide bonds. The van der Waals surface area contributed by atoms with Crippen LogP contribution in [-0.4, -0.2) is 19.5 Å². The van der Waals surface area contributed by atoms with Crippen LogP contribution in [0.3, 0.4) is 0 Å². The van der Waals surface area contributed by atoms with Crippen LogP contribution >= 0.6 is 28.3 Å². The quantitative estimate of drug-likeness (QED) is 0.790. The summed E-state index contributed by atoms with van der Waals surface area (Å²) in [5, 5.41) is 5.92. The highest BCUT2D eigenvalue weighted by atomic mass is 79.9. The van der Waals surface area contributed by atoms with Crippen molar-refractivity contribution in [2.24, 2.45) is 0 Å². The minimum Gasteiger partial charge on any atom is -0.352 e. The SMILES string of the molecule is CNCCCC(=O)NCc1cccc(Br)c1.Cl. The van der Waals surface area contributed by atoms with Gasteiger partial charge in [-0.3, -0.25) is 4.79 Å². The van der Waals surface area contributed by atoms with Gasteiger partial charge in [0.05, 0.1) is 0 Å². The highest BCUT2D eigenvalue weighted by Crippen LogP contribution is 2.11. The fourth-order valence-electron chi connectivity index (χ4n) is 1.36. The van der Waals surface area contributed by atoms with Gasteiger partial charge in [-0.2, -0.15) is 0 Å². The van der Waals surface area contributed by atoms with Gasteiger partial charge in [-0.05, 0) is 37.7 Å². The summed E-state index contributed by atoms with van der Waals surface area (Å²) < 4.78 is 1.04. The topological polar surface area (TPSA) is 41.1 Å². The van der Waals surface area contributed by atoms with Crippen molar-refractivity contribution >= 4 is 34.2 Å². The van der Waals surface area contributed by atoms with Crippen LogP contribution in [-0.2, 0) is 11.3 Å². The first-order valence-corrected chi connectivity index (χ1v) is 6.17. The van der Waals surface area contributed by atoms with Crippen molar-refractivity contribution in [3.63, 3.8) is 0 Å². The molecule has 0 spiro atoms. The monoisotopic (exact) mass is 320 g/mol. The Morgan fingerprint density at radius 1 is 1.41 bits per heavy atom. The smallest absolute Gasteiger partial charge is 0.220 e. The highest BCUT2D eigenvalue weighted by molar-refractivity contribution is 9.10. The van der Waals surface area contributed by atoms with E-state index in [1.165, 1.54) is 0 Å². The fraction of sp³-hybridized carbons (Fsp3) is 0.417. The molecule has 0 heterocycles. The number of carbonyl (C=O) groups is 1. The molecule has 0 aliphatic heterocycles. The molecule has 1 aromatic rings. The van der Waals surface area contributed by atoms with Crippen LogP contribution in [0.1, 0.15) is 18.4 Å². The second-order valence-electron chi connectivity index (χ2n) is 3.61. The Bertz CT molecular complexity index is 347. The number of amides is 1. The summed E-state index contributed by atoms with van der Waals surface area (Å²) in [7, 11) is 1.89. The molecule has 17 heavy (non-hydrogen) atoms. The third kappa shape index (κ3) is 7.36. The van der Waals surface area contributed by atoms with Gasteiger partial charge in [-0.25, -0.2) is 0 Å². The summed E-state index contributed by atoms with van der Waals surface area (Å²) in [6.07, 6.45) is 1.45. The Hall–Kier alpha value is -0.580. The van der Waals surface area contributed by atoms with Crippen molar-refractivity contribution in [3.05, 3.63) is 34.3 Å². The van der Waals surface area contributed by atoms with E-state index < -0.39 is 0 Å². The zero-order valence-electron chi connectivity index (χ0n) is 9.83. The van der Waals surface area contributed by atoms with Gasteiger partial charge in [0.25, 0.3) is 0 Å². The molecule has 1 aromatic carbocycles. The van der Waals surface area contributed by atoms with Crippen LogP contribution in [0.4, 0.5) is 0 Å². The van der Waals surface area contributed by atoms with Crippen LogP contribution in [0.25, 0.3) is 0 Å². The molecular weight excluding hydrogens is 304 g/mol. The first-order valence-electron chi connectivity index (χ1n) is 5.38. The molecule has 0 fully saturated rings. The van der Waals surface area contributed by atoms with E-state index >= 15 is 0 Å². The molecule has 0 unspecified atom stereocenters. The Balaban J connectivity index is 0.00000256. The van der Waals surface area contributed by atoms with Gasteiger partial charge in [0, 0.05) is 17.4 Å². The van der Waals surface area contributed by atoms with E-state index in [9.17, 15) is 4.79 Å². The van der Waals surface area contributed by atoms with Gasteiger partial charge in [-0.15, -0.1) is 12.4 Å². The lowest BCUT2D eigenvalue weighted by Gasteiger charge is -2.05. The normalized spacial score (nSPS) is 9.53. The second-order valence-corrected chi connectivity index (χ2v) is 4.53. The van der Waals surface area contributed by atoms with E-state index in [0.717, 1.165) is 23.0 Å². The first-order chi connectivity index (χ1) is 7.72. The van der Waals surface area contributed by atoms with E-state index in [4.69, 9.17) is 0 Å². The minimum atomic E-state index is 0. The maximum atomic E-state index is 11.4.